The summed E-state index contributed by atoms with van der Waals surface area (Å²) in [6.45, 7) is 6.75. The second-order valence-corrected chi connectivity index (χ2v) is 8.58. The molecular formula is C19H20BrN3O2S. The van der Waals surface area contributed by atoms with Crippen molar-refractivity contribution in [2.45, 2.75) is 39.2 Å². The van der Waals surface area contributed by atoms with E-state index in [-0.39, 0.29) is 17.9 Å². The number of halogens is 1. The molecule has 136 valence electrons. The third-order valence-corrected chi connectivity index (χ3v) is 7.01. The molecule has 26 heavy (non-hydrogen) atoms. The van der Waals surface area contributed by atoms with Crippen molar-refractivity contribution in [2.24, 2.45) is 0 Å². The molecule has 1 aliphatic rings. The van der Waals surface area contributed by atoms with Crippen molar-refractivity contribution >= 4 is 38.0 Å². The van der Waals surface area contributed by atoms with Crippen LogP contribution in [0.5, 0.6) is 5.75 Å². The van der Waals surface area contributed by atoms with Crippen LogP contribution in [-0.2, 0) is 0 Å². The van der Waals surface area contributed by atoms with E-state index in [9.17, 15) is 4.79 Å². The van der Waals surface area contributed by atoms with Crippen LogP contribution in [0.15, 0.2) is 28.7 Å². The predicted octanol–water partition coefficient (Wildman–Crippen LogP) is 4.84. The fourth-order valence-corrected chi connectivity index (χ4v) is 5.09. The summed E-state index contributed by atoms with van der Waals surface area (Å²) in [4.78, 5) is 14.8. The maximum Gasteiger partial charge on any atom is 0.263 e. The first-order chi connectivity index (χ1) is 12.5. The van der Waals surface area contributed by atoms with Crippen molar-refractivity contribution in [3.63, 3.8) is 0 Å². The number of rotatable bonds is 3. The fraction of sp³-hybridized carbons (Fsp3) is 0.368. The SMILES string of the molecule is Cc1nn2c(C(C)C)c(C(=O)N[C@H]3CCOc4ccccc43)sc2c1Br. The molecule has 1 atom stereocenters. The Bertz CT molecular complexity index is 992. The lowest BCUT2D eigenvalue weighted by molar-refractivity contribution is 0.0927. The number of benzene rings is 1. The number of nitrogens with one attached hydrogen (secondary N) is 1. The average molecular weight is 434 g/mol. The van der Waals surface area contributed by atoms with Crippen molar-refractivity contribution < 1.29 is 9.53 Å². The highest BCUT2D eigenvalue weighted by Crippen LogP contribution is 2.36. The molecule has 1 aromatic carbocycles. The summed E-state index contributed by atoms with van der Waals surface area (Å²) in [6, 6.07) is 7.86. The van der Waals surface area contributed by atoms with Gasteiger partial charge in [0.2, 0.25) is 0 Å². The molecule has 1 aliphatic heterocycles. The van der Waals surface area contributed by atoms with E-state index < -0.39 is 0 Å². The zero-order chi connectivity index (χ0) is 18.4. The number of carbonyl (C=O) groups is 1. The van der Waals surface area contributed by atoms with Gasteiger partial charge in [-0.15, -0.1) is 11.3 Å². The van der Waals surface area contributed by atoms with Gasteiger partial charge in [-0.3, -0.25) is 4.79 Å². The number of hydrogen-bond donors (Lipinski definition) is 1. The van der Waals surface area contributed by atoms with E-state index in [1.807, 2.05) is 35.7 Å². The van der Waals surface area contributed by atoms with Crippen LogP contribution in [0.2, 0.25) is 0 Å². The van der Waals surface area contributed by atoms with Crippen LogP contribution >= 0.6 is 27.3 Å². The highest BCUT2D eigenvalue weighted by molar-refractivity contribution is 9.10. The average Bonchev–Trinajstić information content (AvgIpc) is 3.12. The minimum Gasteiger partial charge on any atom is -0.493 e. The molecule has 3 aromatic rings. The first-order valence-electron chi connectivity index (χ1n) is 8.67. The number of aryl methyl sites for hydroxylation is 1. The lowest BCUT2D eigenvalue weighted by Crippen LogP contribution is -2.32. The monoisotopic (exact) mass is 433 g/mol. The molecule has 0 fully saturated rings. The second-order valence-electron chi connectivity index (χ2n) is 6.79. The molecule has 0 saturated carbocycles. The van der Waals surface area contributed by atoms with Crippen molar-refractivity contribution in [1.29, 1.82) is 0 Å². The molecule has 0 spiro atoms. The zero-order valence-electron chi connectivity index (χ0n) is 14.9. The van der Waals surface area contributed by atoms with Gasteiger partial charge >= 0.3 is 0 Å². The third-order valence-electron chi connectivity index (χ3n) is 4.62. The number of aromatic nitrogens is 2. The van der Waals surface area contributed by atoms with E-state index >= 15 is 0 Å². The summed E-state index contributed by atoms with van der Waals surface area (Å²) in [5, 5.41) is 7.81. The van der Waals surface area contributed by atoms with E-state index in [4.69, 9.17) is 4.74 Å². The topological polar surface area (TPSA) is 55.6 Å². The van der Waals surface area contributed by atoms with Gasteiger partial charge in [-0.25, -0.2) is 4.52 Å². The molecule has 4 rings (SSSR count). The largest absolute Gasteiger partial charge is 0.493 e. The second kappa shape index (κ2) is 6.70. The number of hydrogen-bond acceptors (Lipinski definition) is 4. The minimum absolute atomic E-state index is 0.0351. The number of thiazole rings is 1. The molecule has 5 nitrogen and oxygen atoms in total. The molecule has 0 aliphatic carbocycles. The van der Waals surface area contributed by atoms with Gasteiger partial charge in [0.15, 0.2) is 0 Å². The quantitative estimate of drug-likeness (QED) is 0.642. The standard InChI is InChI=1S/C19H20BrN3O2S/c1-10(2)16-17(26-19-15(20)11(3)22-23(16)19)18(24)21-13-8-9-25-14-7-5-4-6-12(13)14/h4-7,10,13H,8-9H2,1-3H3,(H,21,24)/t13-/m0/s1. The number of para-hydroxylation sites is 1. The number of carbonyl (C=O) groups excluding carboxylic acids is 1. The van der Waals surface area contributed by atoms with Gasteiger partial charge in [-0.05, 0) is 34.8 Å². The van der Waals surface area contributed by atoms with Crippen LogP contribution in [0.25, 0.3) is 4.83 Å². The van der Waals surface area contributed by atoms with Gasteiger partial charge in [0.05, 0.1) is 28.5 Å². The Morgan fingerprint density at radius 2 is 2.19 bits per heavy atom. The summed E-state index contributed by atoms with van der Waals surface area (Å²) in [7, 11) is 0. The first-order valence-corrected chi connectivity index (χ1v) is 10.3. The molecular weight excluding hydrogens is 414 g/mol. The van der Waals surface area contributed by atoms with Crippen LogP contribution in [0.4, 0.5) is 0 Å². The summed E-state index contributed by atoms with van der Waals surface area (Å²) < 4.78 is 8.56. The van der Waals surface area contributed by atoms with Gasteiger partial charge in [0.1, 0.15) is 15.5 Å². The van der Waals surface area contributed by atoms with Crippen LogP contribution in [-0.4, -0.2) is 22.1 Å². The van der Waals surface area contributed by atoms with Crippen LogP contribution < -0.4 is 10.1 Å². The Hall–Kier alpha value is -1.86. The Morgan fingerprint density at radius 1 is 1.42 bits per heavy atom. The van der Waals surface area contributed by atoms with Gasteiger partial charge in [-0.1, -0.05) is 32.0 Å². The highest BCUT2D eigenvalue weighted by Gasteiger charge is 2.28. The smallest absolute Gasteiger partial charge is 0.263 e. The van der Waals surface area contributed by atoms with Gasteiger partial charge in [0.25, 0.3) is 5.91 Å². The maximum atomic E-state index is 13.1. The third kappa shape index (κ3) is 2.83. The van der Waals surface area contributed by atoms with Crippen LogP contribution in [0.1, 0.15) is 58.9 Å². The summed E-state index contributed by atoms with van der Waals surface area (Å²) in [5.74, 6) is 1.00. The number of nitrogens with zero attached hydrogens (tertiary/aromatic N) is 2. The molecule has 0 bridgehead atoms. The van der Waals surface area contributed by atoms with E-state index in [0.29, 0.717) is 6.61 Å². The van der Waals surface area contributed by atoms with E-state index in [2.05, 4.69) is 40.2 Å². The number of ether oxygens (including phenoxy) is 1. The molecule has 3 heterocycles. The lowest BCUT2D eigenvalue weighted by atomic mass is 10.0. The van der Waals surface area contributed by atoms with Crippen molar-refractivity contribution in [2.75, 3.05) is 6.61 Å². The van der Waals surface area contributed by atoms with Crippen LogP contribution in [0, 0.1) is 6.92 Å². The molecule has 0 radical (unpaired) electrons. The first kappa shape index (κ1) is 17.5. The molecule has 0 unspecified atom stereocenters. The summed E-state index contributed by atoms with van der Waals surface area (Å²) in [5.41, 5.74) is 2.93. The Kier molecular flexibility index (Phi) is 4.52. The molecule has 7 heteroatoms. The molecule has 1 amide bonds. The fourth-order valence-electron chi connectivity index (χ4n) is 3.37. The minimum atomic E-state index is -0.0459. The summed E-state index contributed by atoms with van der Waals surface area (Å²) >= 11 is 5.08. The van der Waals surface area contributed by atoms with Gasteiger partial charge < -0.3 is 10.1 Å². The maximum absolute atomic E-state index is 13.1. The highest BCUT2D eigenvalue weighted by atomic mass is 79.9. The Balaban J connectivity index is 1.70. The van der Waals surface area contributed by atoms with Crippen molar-refractivity contribution in [3.8, 4) is 5.75 Å². The molecule has 1 N–H and O–H groups in total. The lowest BCUT2D eigenvalue weighted by Gasteiger charge is -2.26. The Morgan fingerprint density at radius 3 is 2.96 bits per heavy atom. The normalized spacial score (nSPS) is 16.6. The molecule has 0 saturated heterocycles. The van der Waals surface area contributed by atoms with Crippen molar-refractivity contribution in [1.82, 2.24) is 14.9 Å². The van der Waals surface area contributed by atoms with E-state index in [1.165, 1.54) is 11.3 Å². The summed E-state index contributed by atoms with van der Waals surface area (Å²) in [6.07, 6.45) is 0.769. The number of fused-ring (bicyclic) bond motifs is 2. The van der Waals surface area contributed by atoms with Crippen LogP contribution in [0.3, 0.4) is 0 Å². The zero-order valence-corrected chi connectivity index (χ0v) is 17.3. The van der Waals surface area contributed by atoms with E-state index in [1.54, 1.807) is 0 Å². The predicted molar refractivity (Wildman–Crippen MR) is 106 cm³/mol. The van der Waals surface area contributed by atoms with Gasteiger partial charge in [0, 0.05) is 12.0 Å². The number of amides is 1. The molecule has 2 aromatic heterocycles. The van der Waals surface area contributed by atoms with Gasteiger partial charge in [-0.2, -0.15) is 5.10 Å². The van der Waals surface area contributed by atoms with E-state index in [0.717, 1.165) is 43.3 Å². The Labute approximate surface area is 164 Å². The van der Waals surface area contributed by atoms with Crippen molar-refractivity contribution in [3.05, 3.63) is 50.6 Å².